The van der Waals surface area contributed by atoms with E-state index >= 15 is 0 Å². The number of nitrogens with zero attached hydrogens (tertiary/aromatic N) is 5. The standard InChI is InChI=1S/C31H36FN5O2/c1-3-36(4-2)31(38)23-9-7-18-35(22-23)19-8-20-39-26-14-12-25(13-15-26)37-29-16-11-24(32)21-28(29)34-30(37)27-10-5-6-17-33-27/h5-6,10-17,21,23H,3-4,7-9,18-20,22H2,1-2H3. The number of aromatic nitrogens is 3. The van der Waals surface area contributed by atoms with Crippen molar-refractivity contribution in [3.8, 4) is 23.0 Å². The molecule has 5 rings (SSSR count). The maximum absolute atomic E-state index is 13.9. The van der Waals surface area contributed by atoms with Crippen LogP contribution in [0.15, 0.2) is 66.9 Å². The molecule has 0 N–H and O–H groups in total. The van der Waals surface area contributed by atoms with Crippen molar-refractivity contribution >= 4 is 16.9 Å². The Bertz CT molecular complexity index is 1390. The number of likely N-dealkylation sites (tertiary alicyclic amines) is 1. The first-order valence-electron chi connectivity index (χ1n) is 13.9. The number of hydrogen-bond donors (Lipinski definition) is 0. The van der Waals surface area contributed by atoms with Crippen molar-refractivity contribution in [3.05, 3.63) is 72.7 Å². The minimum absolute atomic E-state index is 0.110. The molecule has 2 aromatic carbocycles. The van der Waals surface area contributed by atoms with Crippen molar-refractivity contribution in [3.63, 3.8) is 0 Å². The Labute approximate surface area is 229 Å². The van der Waals surface area contributed by atoms with Crippen LogP contribution in [0.2, 0.25) is 0 Å². The maximum atomic E-state index is 13.9. The molecule has 0 spiro atoms. The number of carbonyl (C=O) groups is 1. The number of ether oxygens (including phenoxy) is 1. The summed E-state index contributed by atoms with van der Waals surface area (Å²) < 4.78 is 22.0. The molecular formula is C31H36FN5O2. The number of fused-ring (bicyclic) bond motifs is 1. The van der Waals surface area contributed by atoms with Crippen LogP contribution in [-0.4, -0.2) is 69.6 Å². The molecule has 1 saturated heterocycles. The van der Waals surface area contributed by atoms with Crippen molar-refractivity contribution in [1.82, 2.24) is 24.3 Å². The molecule has 39 heavy (non-hydrogen) atoms. The van der Waals surface area contributed by atoms with Crippen LogP contribution in [0, 0.1) is 11.7 Å². The van der Waals surface area contributed by atoms with Gasteiger partial charge in [-0.25, -0.2) is 9.37 Å². The van der Waals surface area contributed by atoms with E-state index in [1.165, 1.54) is 12.1 Å². The third-order valence-electron chi connectivity index (χ3n) is 7.42. The molecule has 1 aliphatic heterocycles. The fourth-order valence-corrected chi connectivity index (χ4v) is 5.40. The van der Waals surface area contributed by atoms with Crippen LogP contribution >= 0.6 is 0 Å². The summed E-state index contributed by atoms with van der Waals surface area (Å²) in [6.07, 6.45) is 4.67. The van der Waals surface area contributed by atoms with Gasteiger partial charge in [-0.3, -0.25) is 14.3 Å². The molecular weight excluding hydrogens is 493 g/mol. The fraction of sp³-hybridized carbons (Fsp3) is 0.387. The normalized spacial score (nSPS) is 15.9. The molecule has 0 aliphatic carbocycles. The van der Waals surface area contributed by atoms with Gasteiger partial charge >= 0.3 is 0 Å². The number of rotatable bonds is 10. The van der Waals surface area contributed by atoms with Gasteiger partial charge in [-0.05, 0) is 88.2 Å². The quantitative estimate of drug-likeness (QED) is 0.251. The average Bonchev–Trinajstić information content (AvgIpc) is 3.35. The van der Waals surface area contributed by atoms with E-state index in [9.17, 15) is 9.18 Å². The van der Waals surface area contributed by atoms with Crippen LogP contribution in [0.4, 0.5) is 4.39 Å². The Balaban J connectivity index is 1.21. The monoisotopic (exact) mass is 529 g/mol. The number of hydrogen-bond acceptors (Lipinski definition) is 5. The SMILES string of the molecule is CCN(CC)C(=O)C1CCCN(CCCOc2ccc(-n3c(-c4ccccn4)nc4cc(F)ccc43)cc2)C1. The Morgan fingerprint density at radius 3 is 2.67 bits per heavy atom. The Kier molecular flexibility index (Phi) is 8.51. The predicted octanol–water partition coefficient (Wildman–Crippen LogP) is 5.58. The molecule has 4 aromatic rings. The van der Waals surface area contributed by atoms with Crippen LogP contribution in [0.3, 0.4) is 0 Å². The van der Waals surface area contributed by atoms with Crippen LogP contribution in [0.1, 0.15) is 33.1 Å². The number of amides is 1. The van der Waals surface area contributed by atoms with Crippen molar-refractivity contribution < 1.29 is 13.9 Å². The third-order valence-corrected chi connectivity index (χ3v) is 7.42. The van der Waals surface area contributed by atoms with E-state index in [2.05, 4.69) is 14.9 Å². The van der Waals surface area contributed by atoms with Gasteiger partial charge in [0.05, 0.1) is 23.6 Å². The van der Waals surface area contributed by atoms with E-state index in [4.69, 9.17) is 4.74 Å². The summed E-state index contributed by atoms with van der Waals surface area (Å²) in [7, 11) is 0. The van der Waals surface area contributed by atoms with Gasteiger partial charge < -0.3 is 14.5 Å². The highest BCUT2D eigenvalue weighted by atomic mass is 19.1. The number of pyridine rings is 1. The lowest BCUT2D eigenvalue weighted by Crippen LogP contribution is -2.45. The van der Waals surface area contributed by atoms with Gasteiger partial charge in [-0.15, -0.1) is 0 Å². The topological polar surface area (TPSA) is 63.5 Å². The molecule has 204 valence electrons. The number of piperidine rings is 1. The van der Waals surface area contributed by atoms with Crippen LogP contribution in [0.5, 0.6) is 5.75 Å². The van der Waals surface area contributed by atoms with Crippen LogP contribution in [-0.2, 0) is 4.79 Å². The second-order valence-corrected chi connectivity index (χ2v) is 9.97. The van der Waals surface area contributed by atoms with Gasteiger partial charge in [-0.1, -0.05) is 6.07 Å². The molecule has 3 heterocycles. The maximum Gasteiger partial charge on any atom is 0.226 e. The summed E-state index contributed by atoms with van der Waals surface area (Å²) in [6, 6.07) is 18.2. The Morgan fingerprint density at radius 1 is 1.10 bits per heavy atom. The van der Waals surface area contributed by atoms with Crippen molar-refractivity contribution in [1.29, 1.82) is 0 Å². The van der Waals surface area contributed by atoms with Gasteiger partial charge in [0.15, 0.2) is 5.82 Å². The zero-order valence-corrected chi connectivity index (χ0v) is 22.7. The highest BCUT2D eigenvalue weighted by Crippen LogP contribution is 2.29. The summed E-state index contributed by atoms with van der Waals surface area (Å²) >= 11 is 0. The summed E-state index contributed by atoms with van der Waals surface area (Å²) in [4.78, 5) is 26.3. The van der Waals surface area contributed by atoms with Gasteiger partial charge in [0.1, 0.15) is 17.3 Å². The fourth-order valence-electron chi connectivity index (χ4n) is 5.40. The lowest BCUT2D eigenvalue weighted by atomic mass is 9.96. The molecule has 1 unspecified atom stereocenters. The number of benzene rings is 2. The van der Waals surface area contributed by atoms with E-state index in [0.29, 0.717) is 29.5 Å². The van der Waals surface area contributed by atoms with E-state index < -0.39 is 0 Å². The molecule has 0 saturated carbocycles. The molecule has 1 amide bonds. The second-order valence-electron chi connectivity index (χ2n) is 9.97. The largest absolute Gasteiger partial charge is 0.494 e. The van der Waals surface area contributed by atoms with Crippen molar-refractivity contribution in [2.45, 2.75) is 33.1 Å². The highest BCUT2D eigenvalue weighted by Gasteiger charge is 2.28. The van der Waals surface area contributed by atoms with E-state index in [-0.39, 0.29) is 11.7 Å². The Morgan fingerprint density at radius 2 is 1.92 bits per heavy atom. The van der Waals surface area contributed by atoms with Gasteiger partial charge in [0.2, 0.25) is 5.91 Å². The molecule has 7 nitrogen and oxygen atoms in total. The van der Waals surface area contributed by atoms with Gasteiger partial charge in [0, 0.05) is 44.1 Å². The summed E-state index contributed by atoms with van der Waals surface area (Å²) in [5, 5.41) is 0. The van der Waals surface area contributed by atoms with Crippen molar-refractivity contribution in [2.75, 3.05) is 39.3 Å². The molecule has 1 aliphatic rings. The highest BCUT2D eigenvalue weighted by molar-refractivity contribution is 5.82. The lowest BCUT2D eigenvalue weighted by Gasteiger charge is -2.34. The number of halogens is 1. The van der Waals surface area contributed by atoms with Crippen LogP contribution < -0.4 is 4.74 Å². The van der Waals surface area contributed by atoms with E-state index in [1.54, 1.807) is 12.3 Å². The average molecular weight is 530 g/mol. The van der Waals surface area contributed by atoms with Crippen molar-refractivity contribution in [2.24, 2.45) is 5.92 Å². The zero-order valence-electron chi connectivity index (χ0n) is 22.7. The molecule has 2 aromatic heterocycles. The number of carbonyl (C=O) groups excluding carboxylic acids is 1. The summed E-state index contributed by atoms with van der Waals surface area (Å²) in [6.45, 7) is 9.05. The van der Waals surface area contributed by atoms with Gasteiger partial charge in [0.25, 0.3) is 0 Å². The molecule has 1 fully saturated rings. The lowest BCUT2D eigenvalue weighted by molar-refractivity contribution is -0.137. The van der Waals surface area contributed by atoms with E-state index in [0.717, 1.165) is 68.9 Å². The predicted molar refractivity (Wildman–Crippen MR) is 151 cm³/mol. The number of imidazole rings is 1. The zero-order chi connectivity index (χ0) is 27.2. The summed E-state index contributed by atoms with van der Waals surface area (Å²) in [5.41, 5.74) is 3.00. The summed E-state index contributed by atoms with van der Waals surface area (Å²) in [5.74, 6) is 1.53. The van der Waals surface area contributed by atoms with E-state index in [1.807, 2.05) is 65.8 Å². The molecule has 1 atom stereocenters. The first-order valence-corrected chi connectivity index (χ1v) is 13.9. The smallest absolute Gasteiger partial charge is 0.226 e. The van der Waals surface area contributed by atoms with Crippen LogP contribution in [0.25, 0.3) is 28.2 Å². The molecule has 8 heteroatoms. The third kappa shape index (κ3) is 6.11. The molecule has 0 radical (unpaired) electrons. The van der Waals surface area contributed by atoms with Gasteiger partial charge in [-0.2, -0.15) is 0 Å². The molecule has 0 bridgehead atoms. The first kappa shape index (κ1) is 26.8. The first-order chi connectivity index (χ1) is 19.1. The second kappa shape index (κ2) is 12.4. The minimum Gasteiger partial charge on any atom is -0.494 e. The minimum atomic E-state index is -0.320. The Hall–Kier alpha value is -3.78.